The Hall–Kier alpha value is -1.25. The van der Waals surface area contributed by atoms with Crippen LogP contribution in [0.4, 0.5) is 0 Å². The maximum Gasteiger partial charge on any atom is 0.0649 e. The first-order chi connectivity index (χ1) is 7.34. The molecular weight excluding hydrogens is 208 g/mol. The van der Waals surface area contributed by atoms with Crippen molar-refractivity contribution in [2.75, 3.05) is 0 Å². The van der Waals surface area contributed by atoms with E-state index < -0.39 is 0 Å². The van der Waals surface area contributed by atoms with Crippen LogP contribution in [0.15, 0.2) is 36.7 Å². The largest absolute Gasteiger partial charge is 0.322 e. The lowest BCUT2D eigenvalue weighted by atomic mass is 10.1. The van der Waals surface area contributed by atoms with Gasteiger partial charge in [0.1, 0.15) is 0 Å². The van der Waals surface area contributed by atoms with Gasteiger partial charge < -0.3 is 9.88 Å². The van der Waals surface area contributed by atoms with Crippen molar-refractivity contribution in [1.29, 1.82) is 0 Å². The maximum absolute atomic E-state index is 6.25. The molecule has 0 radical (unpaired) electrons. The third-order valence-corrected chi connectivity index (χ3v) is 3.09. The highest BCUT2D eigenvalue weighted by molar-refractivity contribution is 6.32. The van der Waals surface area contributed by atoms with Crippen LogP contribution in [0, 0.1) is 0 Å². The molecule has 15 heavy (non-hydrogen) atoms. The van der Waals surface area contributed by atoms with Gasteiger partial charge >= 0.3 is 0 Å². The number of benzene rings is 1. The molecule has 0 saturated heterocycles. The minimum absolute atomic E-state index is 0.814. The molecule has 3 rings (SSSR count). The number of fused-ring (bicyclic) bond motifs is 1. The summed E-state index contributed by atoms with van der Waals surface area (Å²) >= 11 is 6.25. The molecular formula is C12H11ClN2. The number of rotatable bonds is 1. The highest BCUT2D eigenvalue weighted by Crippen LogP contribution is 2.27. The van der Waals surface area contributed by atoms with Crippen LogP contribution in [-0.4, -0.2) is 4.57 Å². The fourth-order valence-corrected chi connectivity index (χ4v) is 2.28. The molecule has 0 fully saturated rings. The molecule has 1 aromatic heterocycles. The Kier molecular flexibility index (Phi) is 2.04. The van der Waals surface area contributed by atoms with Crippen LogP contribution in [0.25, 0.3) is 5.69 Å². The zero-order chi connectivity index (χ0) is 10.3. The Bertz CT molecular complexity index is 489. The van der Waals surface area contributed by atoms with Crippen molar-refractivity contribution in [3.63, 3.8) is 0 Å². The molecule has 0 bridgehead atoms. The summed E-state index contributed by atoms with van der Waals surface area (Å²) in [4.78, 5) is 0. The van der Waals surface area contributed by atoms with E-state index in [4.69, 9.17) is 11.6 Å². The second-order valence-corrected chi connectivity index (χ2v) is 4.17. The topological polar surface area (TPSA) is 17.0 Å². The molecule has 0 spiro atoms. The summed E-state index contributed by atoms with van der Waals surface area (Å²) in [5.74, 6) is 0. The van der Waals surface area contributed by atoms with Gasteiger partial charge in [-0.25, -0.2) is 0 Å². The molecule has 2 aromatic rings. The van der Waals surface area contributed by atoms with Gasteiger partial charge in [0.2, 0.25) is 0 Å². The first-order valence-corrected chi connectivity index (χ1v) is 5.38. The Morgan fingerprint density at radius 2 is 1.73 bits per heavy atom. The van der Waals surface area contributed by atoms with Crippen LogP contribution in [0.2, 0.25) is 5.02 Å². The van der Waals surface area contributed by atoms with Gasteiger partial charge in [-0.15, -0.1) is 0 Å². The number of aromatic nitrogens is 1. The summed E-state index contributed by atoms with van der Waals surface area (Å²) in [5, 5.41) is 4.13. The number of hydrogen-bond acceptors (Lipinski definition) is 1. The number of nitrogens with one attached hydrogen (secondary N) is 1. The summed E-state index contributed by atoms with van der Waals surface area (Å²) in [5.41, 5.74) is 3.73. The number of nitrogens with zero attached hydrogens (tertiary/aromatic N) is 1. The second kappa shape index (κ2) is 3.40. The molecule has 2 heterocycles. The third-order valence-electron chi connectivity index (χ3n) is 2.78. The second-order valence-electron chi connectivity index (χ2n) is 3.77. The van der Waals surface area contributed by atoms with Gasteiger partial charge in [-0.1, -0.05) is 11.6 Å². The van der Waals surface area contributed by atoms with Crippen molar-refractivity contribution >= 4 is 11.6 Å². The predicted octanol–water partition coefficient (Wildman–Crippen LogP) is 2.73. The molecule has 0 aliphatic carbocycles. The van der Waals surface area contributed by atoms with E-state index in [2.05, 4.69) is 17.4 Å². The minimum Gasteiger partial charge on any atom is -0.322 e. The fourth-order valence-electron chi connectivity index (χ4n) is 2.00. The van der Waals surface area contributed by atoms with E-state index in [1.807, 2.05) is 29.1 Å². The van der Waals surface area contributed by atoms with Gasteiger partial charge in [-0.2, -0.15) is 0 Å². The van der Waals surface area contributed by atoms with Gasteiger partial charge in [0.05, 0.1) is 10.7 Å². The van der Waals surface area contributed by atoms with Crippen molar-refractivity contribution in [1.82, 2.24) is 9.88 Å². The van der Waals surface area contributed by atoms with Crippen molar-refractivity contribution in [2.24, 2.45) is 0 Å². The quantitative estimate of drug-likeness (QED) is 0.779. The van der Waals surface area contributed by atoms with Crippen LogP contribution >= 0.6 is 11.6 Å². The van der Waals surface area contributed by atoms with Gasteiger partial charge in [0.25, 0.3) is 0 Å². The molecule has 1 aromatic carbocycles. The van der Waals surface area contributed by atoms with Crippen LogP contribution in [-0.2, 0) is 13.1 Å². The first-order valence-electron chi connectivity index (χ1n) is 5.00. The molecule has 1 aliphatic heterocycles. The zero-order valence-electron chi connectivity index (χ0n) is 8.20. The molecule has 1 aliphatic rings. The molecule has 2 nitrogen and oxygen atoms in total. The van der Waals surface area contributed by atoms with Crippen molar-refractivity contribution in [2.45, 2.75) is 13.1 Å². The molecule has 1 N–H and O–H groups in total. The summed E-state index contributed by atoms with van der Waals surface area (Å²) in [7, 11) is 0. The van der Waals surface area contributed by atoms with Crippen LogP contribution in [0.3, 0.4) is 0 Å². The molecule has 0 amide bonds. The van der Waals surface area contributed by atoms with Crippen molar-refractivity contribution < 1.29 is 0 Å². The highest BCUT2D eigenvalue weighted by atomic mass is 35.5. The zero-order valence-corrected chi connectivity index (χ0v) is 8.96. The lowest BCUT2D eigenvalue weighted by molar-refractivity contribution is 0.764. The monoisotopic (exact) mass is 218 g/mol. The van der Waals surface area contributed by atoms with Crippen LogP contribution in [0.5, 0.6) is 0 Å². The van der Waals surface area contributed by atoms with Gasteiger partial charge in [0, 0.05) is 25.5 Å². The van der Waals surface area contributed by atoms with Gasteiger partial charge in [0.15, 0.2) is 0 Å². The van der Waals surface area contributed by atoms with E-state index in [0.29, 0.717) is 0 Å². The lowest BCUT2D eigenvalue weighted by Gasteiger charge is -2.08. The Morgan fingerprint density at radius 3 is 2.47 bits per heavy atom. The van der Waals surface area contributed by atoms with Gasteiger partial charge in [-0.3, -0.25) is 0 Å². The van der Waals surface area contributed by atoms with Crippen molar-refractivity contribution in [3.8, 4) is 5.69 Å². The number of halogens is 1. The van der Waals surface area contributed by atoms with E-state index in [-0.39, 0.29) is 0 Å². The van der Waals surface area contributed by atoms with E-state index in [1.165, 1.54) is 11.1 Å². The minimum atomic E-state index is 0.814. The Morgan fingerprint density at radius 1 is 1.07 bits per heavy atom. The molecule has 0 atom stereocenters. The van der Waals surface area contributed by atoms with E-state index in [0.717, 1.165) is 23.8 Å². The molecule has 0 saturated carbocycles. The maximum atomic E-state index is 6.25. The Labute approximate surface area is 93.5 Å². The summed E-state index contributed by atoms with van der Waals surface area (Å²) in [6.45, 7) is 1.88. The first kappa shape index (κ1) is 9.01. The third kappa shape index (κ3) is 1.46. The van der Waals surface area contributed by atoms with Crippen LogP contribution < -0.4 is 5.32 Å². The smallest absolute Gasteiger partial charge is 0.0649 e. The molecule has 3 heteroatoms. The number of hydrogen-bond donors (Lipinski definition) is 1. The predicted molar refractivity (Wildman–Crippen MR) is 61.3 cm³/mol. The Balaban J connectivity index is 2.17. The van der Waals surface area contributed by atoms with E-state index in [1.54, 1.807) is 0 Å². The summed E-state index contributed by atoms with van der Waals surface area (Å²) in [6.07, 6.45) is 4.02. The highest BCUT2D eigenvalue weighted by Gasteiger charge is 2.13. The fraction of sp³-hybridized carbons (Fsp3) is 0.167. The standard InChI is InChI=1S/C12H11ClN2/c13-11-5-9-7-14-8-10(9)6-12(11)15-3-1-2-4-15/h1-6,14H,7-8H2. The SMILES string of the molecule is Clc1cc2c(cc1-n1cccc1)CNC2. The molecule has 76 valence electrons. The lowest BCUT2D eigenvalue weighted by Crippen LogP contribution is -1.99. The van der Waals surface area contributed by atoms with E-state index >= 15 is 0 Å². The normalized spacial score (nSPS) is 14.2. The summed E-state index contributed by atoms with van der Waals surface area (Å²) < 4.78 is 2.04. The average molecular weight is 219 g/mol. The van der Waals surface area contributed by atoms with Gasteiger partial charge in [-0.05, 0) is 35.4 Å². The van der Waals surface area contributed by atoms with Crippen molar-refractivity contribution in [3.05, 3.63) is 52.8 Å². The molecule has 0 unspecified atom stereocenters. The average Bonchev–Trinajstić information content (AvgIpc) is 2.85. The van der Waals surface area contributed by atoms with Crippen LogP contribution in [0.1, 0.15) is 11.1 Å². The summed E-state index contributed by atoms with van der Waals surface area (Å²) in [6, 6.07) is 8.23. The van der Waals surface area contributed by atoms with E-state index in [9.17, 15) is 0 Å².